The number of carbonyl (C=O) groups excluding carboxylic acids is 2. The molecule has 0 fully saturated rings. The number of nitrogens with zero attached hydrogens (tertiary/aromatic N) is 1. The minimum Gasteiger partial charge on any atom is -0.484 e. The summed E-state index contributed by atoms with van der Waals surface area (Å²) in [6, 6.07) is 11.0. The van der Waals surface area contributed by atoms with Crippen LogP contribution in [0.5, 0.6) is 5.75 Å². The van der Waals surface area contributed by atoms with Gasteiger partial charge in [-0.3, -0.25) is 14.9 Å². The highest BCUT2D eigenvalue weighted by Gasteiger charge is 2.16. The normalized spacial score (nSPS) is 11.1. The van der Waals surface area contributed by atoms with Crippen molar-refractivity contribution >= 4 is 34.3 Å². The van der Waals surface area contributed by atoms with Crippen molar-refractivity contribution in [3.8, 4) is 5.75 Å². The Morgan fingerprint density at radius 3 is 2.52 bits per heavy atom. The molecule has 0 aliphatic carbocycles. The van der Waals surface area contributed by atoms with Gasteiger partial charge in [0.15, 0.2) is 6.61 Å². The number of nitro benzene ring substituents is 1. The number of carbonyl (C=O) groups is 2. The summed E-state index contributed by atoms with van der Waals surface area (Å²) < 4.78 is 10.8. The van der Waals surface area contributed by atoms with Crippen LogP contribution in [0.4, 0.5) is 16.2 Å². The molecule has 2 amide bonds. The molecule has 3 N–H and O–H groups in total. The number of hydrogen-bond donors (Lipinski definition) is 3. The van der Waals surface area contributed by atoms with Crippen molar-refractivity contribution in [3.05, 3.63) is 64.3 Å². The molecule has 2 aromatic carbocycles. The zero-order chi connectivity index (χ0) is 24.0. The number of aromatic amines is 1. The number of alkyl carbamates (subject to hydrolysis) is 1. The number of nitrogens with one attached hydrogen (secondary N) is 3. The molecule has 174 valence electrons. The van der Waals surface area contributed by atoms with Gasteiger partial charge in [-0.2, -0.15) is 0 Å². The van der Waals surface area contributed by atoms with E-state index < -0.39 is 16.6 Å². The molecule has 0 aliphatic rings. The molecule has 1 aromatic heterocycles. The van der Waals surface area contributed by atoms with Crippen LogP contribution in [0.15, 0.2) is 48.7 Å². The van der Waals surface area contributed by atoms with E-state index in [1.54, 1.807) is 26.8 Å². The molecular weight excluding hydrogens is 428 g/mol. The predicted molar refractivity (Wildman–Crippen MR) is 123 cm³/mol. The van der Waals surface area contributed by atoms with Crippen LogP contribution in [0, 0.1) is 10.1 Å². The predicted octanol–water partition coefficient (Wildman–Crippen LogP) is 4.16. The average Bonchev–Trinajstić information content (AvgIpc) is 3.13. The van der Waals surface area contributed by atoms with Crippen molar-refractivity contribution in [2.45, 2.75) is 32.8 Å². The molecule has 0 saturated heterocycles. The summed E-state index contributed by atoms with van der Waals surface area (Å²) in [4.78, 5) is 37.3. The second-order valence-electron chi connectivity index (χ2n) is 8.34. The fraction of sp³-hybridized carbons (Fsp3) is 0.304. The number of amides is 2. The van der Waals surface area contributed by atoms with Gasteiger partial charge >= 0.3 is 6.09 Å². The SMILES string of the molecule is CC(C)(C)OC(=O)NCCc1c[nH]c2ccc(OCC(=O)Nc3ccc([N+](=O)[O-])cc3)cc12. The smallest absolute Gasteiger partial charge is 0.407 e. The summed E-state index contributed by atoms with van der Waals surface area (Å²) >= 11 is 0. The highest BCUT2D eigenvalue weighted by Crippen LogP contribution is 2.24. The summed E-state index contributed by atoms with van der Waals surface area (Å²) in [7, 11) is 0. The second-order valence-corrected chi connectivity index (χ2v) is 8.34. The van der Waals surface area contributed by atoms with Crippen molar-refractivity contribution in [2.24, 2.45) is 0 Å². The number of anilines is 1. The van der Waals surface area contributed by atoms with Crippen molar-refractivity contribution in [2.75, 3.05) is 18.5 Å². The standard InChI is InChI=1S/C23H26N4O6/c1-23(2,3)33-22(29)24-11-10-15-13-25-20-9-8-18(12-19(15)20)32-14-21(28)26-16-4-6-17(7-5-16)27(30)31/h4-9,12-13,25H,10-11,14H2,1-3H3,(H,24,29)(H,26,28). The number of hydrogen-bond acceptors (Lipinski definition) is 6. The maximum Gasteiger partial charge on any atom is 0.407 e. The van der Waals surface area contributed by atoms with E-state index in [1.807, 2.05) is 18.3 Å². The fourth-order valence-electron chi connectivity index (χ4n) is 3.08. The molecule has 33 heavy (non-hydrogen) atoms. The Hall–Kier alpha value is -4.08. The highest BCUT2D eigenvalue weighted by atomic mass is 16.6. The molecule has 0 radical (unpaired) electrons. The first kappa shape index (κ1) is 23.6. The van der Waals surface area contributed by atoms with Gasteiger partial charge in [0, 0.05) is 41.5 Å². The Labute approximate surface area is 190 Å². The molecule has 3 aromatic rings. The van der Waals surface area contributed by atoms with Crippen LogP contribution in [0.2, 0.25) is 0 Å². The number of H-pyrrole nitrogens is 1. The Morgan fingerprint density at radius 1 is 1.12 bits per heavy atom. The van der Waals surface area contributed by atoms with Crippen molar-refractivity contribution < 1.29 is 24.0 Å². The number of fused-ring (bicyclic) bond motifs is 1. The summed E-state index contributed by atoms with van der Waals surface area (Å²) in [5, 5.41) is 17.0. The first-order chi connectivity index (χ1) is 15.6. The number of nitro groups is 1. The zero-order valence-corrected chi connectivity index (χ0v) is 18.6. The first-order valence-corrected chi connectivity index (χ1v) is 10.3. The maximum atomic E-state index is 12.2. The van der Waals surface area contributed by atoms with E-state index in [1.165, 1.54) is 24.3 Å². The fourth-order valence-corrected chi connectivity index (χ4v) is 3.08. The molecule has 3 rings (SSSR count). The third-order valence-corrected chi connectivity index (χ3v) is 4.53. The molecule has 0 saturated carbocycles. The van der Waals surface area contributed by atoms with Gasteiger partial charge in [0.1, 0.15) is 11.4 Å². The molecule has 0 bridgehead atoms. The lowest BCUT2D eigenvalue weighted by Crippen LogP contribution is -2.33. The van der Waals surface area contributed by atoms with Crippen molar-refractivity contribution in [1.29, 1.82) is 0 Å². The van der Waals surface area contributed by atoms with E-state index in [-0.39, 0.29) is 18.2 Å². The van der Waals surface area contributed by atoms with Crippen molar-refractivity contribution in [1.82, 2.24) is 10.3 Å². The van der Waals surface area contributed by atoms with Gasteiger partial charge in [-0.1, -0.05) is 0 Å². The molecular formula is C23H26N4O6. The highest BCUT2D eigenvalue weighted by molar-refractivity contribution is 5.92. The molecule has 0 atom stereocenters. The van der Waals surface area contributed by atoms with Crippen LogP contribution in [0.1, 0.15) is 26.3 Å². The van der Waals surface area contributed by atoms with E-state index in [0.717, 1.165) is 16.5 Å². The van der Waals surface area contributed by atoms with E-state index in [9.17, 15) is 19.7 Å². The Balaban J connectivity index is 1.54. The Kier molecular flexibility index (Phi) is 7.17. The lowest BCUT2D eigenvalue weighted by Gasteiger charge is -2.19. The van der Waals surface area contributed by atoms with Gasteiger partial charge in [0.05, 0.1) is 4.92 Å². The average molecular weight is 454 g/mol. The monoisotopic (exact) mass is 454 g/mol. The molecule has 10 nitrogen and oxygen atoms in total. The maximum absolute atomic E-state index is 12.2. The summed E-state index contributed by atoms with van der Waals surface area (Å²) in [5.74, 6) is 0.127. The van der Waals surface area contributed by atoms with E-state index >= 15 is 0 Å². The lowest BCUT2D eigenvalue weighted by atomic mass is 10.1. The number of rotatable bonds is 8. The Morgan fingerprint density at radius 2 is 1.85 bits per heavy atom. The van der Waals surface area contributed by atoms with E-state index in [0.29, 0.717) is 24.4 Å². The van der Waals surface area contributed by atoms with Crippen LogP contribution in [0.25, 0.3) is 10.9 Å². The van der Waals surface area contributed by atoms with Crippen LogP contribution in [-0.4, -0.2) is 40.7 Å². The third kappa shape index (κ3) is 6.96. The minimum atomic E-state index is -0.554. The van der Waals surface area contributed by atoms with Gasteiger partial charge in [-0.15, -0.1) is 0 Å². The molecule has 0 spiro atoms. The number of aromatic nitrogens is 1. The molecule has 0 aliphatic heterocycles. The zero-order valence-electron chi connectivity index (χ0n) is 18.6. The lowest BCUT2D eigenvalue weighted by molar-refractivity contribution is -0.384. The van der Waals surface area contributed by atoms with E-state index in [2.05, 4.69) is 15.6 Å². The first-order valence-electron chi connectivity index (χ1n) is 10.3. The van der Waals surface area contributed by atoms with Gasteiger partial charge in [0.25, 0.3) is 11.6 Å². The van der Waals surface area contributed by atoms with Gasteiger partial charge in [-0.05, 0) is 63.1 Å². The number of ether oxygens (including phenoxy) is 2. The van der Waals surface area contributed by atoms with Gasteiger partial charge in [-0.25, -0.2) is 4.79 Å². The van der Waals surface area contributed by atoms with Crippen LogP contribution >= 0.6 is 0 Å². The quantitative estimate of drug-likeness (QED) is 0.345. The molecule has 10 heteroatoms. The summed E-state index contributed by atoms with van der Waals surface area (Å²) in [6.45, 7) is 5.60. The number of non-ortho nitro benzene ring substituents is 1. The minimum absolute atomic E-state index is 0.0545. The van der Waals surface area contributed by atoms with Crippen LogP contribution in [0.3, 0.4) is 0 Å². The summed E-state index contributed by atoms with van der Waals surface area (Å²) in [6.07, 6.45) is 1.99. The van der Waals surface area contributed by atoms with Gasteiger partial charge < -0.3 is 25.1 Å². The number of benzene rings is 2. The van der Waals surface area contributed by atoms with Crippen molar-refractivity contribution in [3.63, 3.8) is 0 Å². The molecule has 1 heterocycles. The van der Waals surface area contributed by atoms with Gasteiger partial charge in [0.2, 0.25) is 0 Å². The largest absolute Gasteiger partial charge is 0.484 e. The van der Waals surface area contributed by atoms with Crippen LogP contribution < -0.4 is 15.4 Å². The second kappa shape index (κ2) is 10.0. The third-order valence-electron chi connectivity index (χ3n) is 4.53. The van der Waals surface area contributed by atoms with Crippen LogP contribution in [-0.2, 0) is 16.0 Å². The Bertz CT molecular complexity index is 1150. The topological polar surface area (TPSA) is 136 Å². The van der Waals surface area contributed by atoms with E-state index in [4.69, 9.17) is 9.47 Å². The molecule has 0 unspecified atom stereocenters. The summed E-state index contributed by atoms with van der Waals surface area (Å²) in [5.41, 5.74) is 1.73.